The number of carbonyl (C=O) groups excluding carboxylic acids is 2. The first-order valence-electron chi connectivity index (χ1n) is 6.29. The molecule has 21 heavy (non-hydrogen) atoms. The molecule has 0 aliphatic carbocycles. The number of ether oxygens (including phenoxy) is 1. The summed E-state index contributed by atoms with van der Waals surface area (Å²) >= 11 is 1.28. The molecule has 0 aromatic carbocycles. The lowest BCUT2D eigenvalue weighted by molar-refractivity contribution is 0.0528. The molecular weight excluding hydrogens is 292 g/mol. The summed E-state index contributed by atoms with van der Waals surface area (Å²) in [6.45, 7) is 3.80. The number of carbonyl (C=O) groups is 2. The second-order valence-corrected chi connectivity index (χ2v) is 5.47. The Kier molecular flexibility index (Phi) is 4.54. The fraction of sp³-hybridized carbons (Fsp3) is 0.214. The molecule has 2 heterocycles. The highest BCUT2D eigenvalue weighted by Gasteiger charge is 2.18. The summed E-state index contributed by atoms with van der Waals surface area (Å²) in [7, 11) is 0. The summed E-state index contributed by atoms with van der Waals surface area (Å²) in [5.74, 6) is -0.934. The SMILES string of the molecule is CCOC(=O)c1cc(C)sc1NC(=O)c1cc[nH]c(=O)c1. The number of pyridine rings is 1. The van der Waals surface area contributed by atoms with E-state index in [0.29, 0.717) is 10.6 Å². The Balaban J connectivity index is 2.25. The predicted molar refractivity (Wildman–Crippen MR) is 80.0 cm³/mol. The zero-order valence-electron chi connectivity index (χ0n) is 11.6. The maximum atomic E-state index is 12.1. The van der Waals surface area contributed by atoms with Gasteiger partial charge >= 0.3 is 5.97 Å². The second-order valence-electron chi connectivity index (χ2n) is 4.22. The molecule has 0 aliphatic rings. The first kappa shape index (κ1) is 15.0. The van der Waals surface area contributed by atoms with Crippen molar-refractivity contribution in [2.24, 2.45) is 0 Å². The number of anilines is 1. The van der Waals surface area contributed by atoms with Crippen molar-refractivity contribution in [3.63, 3.8) is 0 Å². The molecule has 2 rings (SSSR count). The molecule has 0 fully saturated rings. The predicted octanol–water partition coefficient (Wildman–Crippen LogP) is 2.17. The maximum Gasteiger partial charge on any atom is 0.341 e. The van der Waals surface area contributed by atoms with Gasteiger partial charge in [0.1, 0.15) is 5.00 Å². The Bertz CT molecular complexity index is 733. The number of aryl methyl sites for hydroxylation is 1. The van der Waals surface area contributed by atoms with Crippen LogP contribution in [0.5, 0.6) is 0 Å². The molecule has 0 radical (unpaired) electrons. The van der Waals surface area contributed by atoms with Crippen molar-refractivity contribution in [3.8, 4) is 0 Å². The Labute approximate surface area is 124 Å². The first-order chi connectivity index (χ1) is 10.0. The standard InChI is InChI=1S/C14H14N2O4S/c1-3-20-14(19)10-6-8(2)21-13(10)16-12(18)9-4-5-15-11(17)7-9/h4-7H,3H2,1-2H3,(H,15,17)(H,16,18). The molecule has 2 aromatic rings. The number of thiophene rings is 1. The number of esters is 1. The van der Waals surface area contributed by atoms with Crippen molar-refractivity contribution in [2.45, 2.75) is 13.8 Å². The third-order valence-corrected chi connectivity index (χ3v) is 3.58. The van der Waals surface area contributed by atoms with Crippen LogP contribution in [-0.4, -0.2) is 23.5 Å². The fourth-order valence-electron chi connectivity index (χ4n) is 1.73. The zero-order valence-corrected chi connectivity index (χ0v) is 12.4. The molecule has 1 amide bonds. The number of hydrogen-bond acceptors (Lipinski definition) is 5. The lowest BCUT2D eigenvalue weighted by atomic mass is 10.2. The third-order valence-electron chi connectivity index (χ3n) is 2.61. The molecular formula is C14H14N2O4S. The zero-order chi connectivity index (χ0) is 15.4. The smallest absolute Gasteiger partial charge is 0.341 e. The monoisotopic (exact) mass is 306 g/mol. The normalized spacial score (nSPS) is 10.2. The van der Waals surface area contributed by atoms with E-state index in [0.717, 1.165) is 4.88 Å². The molecule has 0 saturated heterocycles. The van der Waals surface area contributed by atoms with Gasteiger partial charge in [0.2, 0.25) is 5.56 Å². The second kappa shape index (κ2) is 6.36. The minimum Gasteiger partial charge on any atom is -0.462 e. The van der Waals surface area contributed by atoms with E-state index < -0.39 is 11.9 Å². The minimum atomic E-state index is -0.483. The highest BCUT2D eigenvalue weighted by atomic mass is 32.1. The van der Waals surface area contributed by atoms with Crippen LogP contribution in [0.3, 0.4) is 0 Å². The summed E-state index contributed by atoms with van der Waals surface area (Å²) in [6, 6.07) is 4.34. The van der Waals surface area contributed by atoms with Crippen molar-refractivity contribution >= 4 is 28.2 Å². The van der Waals surface area contributed by atoms with Crippen LogP contribution < -0.4 is 10.9 Å². The van der Waals surface area contributed by atoms with Gasteiger partial charge in [-0.2, -0.15) is 0 Å². The first-order valence-corrected chi connectivity index (χ1v) is 7.10. The van der Waals surface area contributed by atoms with Gasteiger partial charge < -0.3 is 15.0 Å². The van der Waals surface area contributed by atoms with Crippen LogP contribution in [0, 0.1) is 6.92 Å². The van der Waals surface area contributed by atoms with Crippen LogP contribution >= 0.6 is 11.3 Å². The van der Waals surface area contributed by atoms with Crippen LogP contribution in [-0.2, 0) is 4.74 Å². The van der Waals surface area contributed by atoms with Crippen molar-refractivity contribution < 1.29 is 14.3 Å². The van der Waals surface area contributed by atoms with Gasteiger partial charge in [-0.1, -0.05) is 0 Å². The van der Waals surface area contributed by atoms with E-state index in [4.69, 9.17) is 4.74 Å². The number of aromatic nitrogens is 1. The molecule has 0 spiro atoms. The number of hydrogen-bond donors (Lipinski definition) is 2. The molecule has 0 saturated carbocycles. The Morgan fingerprint density at radius 2 is 2.14 bits per heavy atom. The minimum absolute atomic E-state index is 0.222. The molecule has 2 N–H and O–H groups in total. The highest BCUT2D eigenvalue weighted by molar-refractivity contribution is 7.16. The summed E-state index contributed by atoms with van der Waals surface area (Å²) in [5.41, 5.74) is 0.174. The summed E-state index contributed by atoms with van der Waals surface area (Å²) < 4.78 is 4.95. The van der Waals surface area contributed by atoms with E-state index in [2.05, 4.69) is 10.3 Å². The van der Waals surface area contributed by atoms with E-state index in [1.54, 1.807) is 13.0 Å². The lowest BCUT2D eigenvalue weighted by Gasteiger charge is -2.05. The van der Waals surface area contributed by atoms with Gasteiger partial charge in [0.25, 0.3) is 5.91 Å². The Morgan fingerprint density at radius 1 is 1.38 bits per heavy atom. The average molecular weight is 306 g/mol. The van der Waals surface area contributed by atoms with Gasteiger partial charge in [-0.05, 0) is 26.0 Å². The molecule has 7 heteroatoms. The van der Waals surface area contributed by atoms with Crippen molar-refractivity contribution in [3.05, 3.63) is 50.8 Å². The fourth-order valence-corrected chi connectivity index (χ4v) is 2.62. The number of H-pyrrole nitrogens is 1. The van der Waals surface area contributed by atoms with E-state index in [1.807, 2.05) is 6.92 Å². The number of amides is 1. The lowest BCUT2D eigenvalue weighted by Crippen LogP contribution is -2.16. The van der Waals surface area contributed by atoms with Crippen LogP contribution in [0.1, 0.15) is 32.5 Å². The van der Waals surface area contributed by atoms with Crippen LogP contribution in [0.25, 0.3) is 0 Å². The Morgan fingerprint density at radius 3 is 2.81 bits per heavy atom. The summed E-state index contributed by atoms with van der Waals surface area (Å²) in [4.78, 5) is 38.4. The van der Waals surface area contributed by atoms with Crippen molar-refractivity contribution in [2.75, 3.05) is 11.9 Å². The molecule has 0 bridgehead atoms. The van der Waals surface area contributed by atoms with Crippen molar-refractivity contribution in [1.29, 1.82) is 0 Å². The van der Waals surface area contributed by atoms with Crippen LogP contribution in [0.4, 0.5) is 5.00 Å². The molecule has 0 atom stereocenters. The summed E-state index contributed by atoms with van der Waals surface area (Å²) in [6.07, 6.45) is 1.39. The largest absolute Gasteiger partial charge is 0.462 e. The van der Waals surface area contributed by atoms with E-state index in [-0.39, 0.29) is 17.7 Å². The number of aromatic amines is 1. The van der Waals surface area contributed by atoms with E-state index >= 15 is 0 Å². The number of nitrogens with one attached hydrogen (secondary N) is 2. The third kappa shape index (κ3) is 3.57. The van der Waals surface area contributed by atoms with Gasteiger partial charge in [-0.25, -0.2) is 4.79 Å². The van der Waals surface area contributed by atoms with Gasteiger partial charge in [0.05, 0.1) is 12.2 Å². The quantitative estimate of drug-likeness (QED) is 0.847. The van der Waals surface area contributed by atoms with Crippen LogP contribution in [0.15, 0.2) is 29.2 Å². The maximum absolute atomic E-state index is 12.1. The topological polar surface area (TPSA) is 88.3 Å². The van der Waals surface area contributed by atoms with Gasteiger partial charge in [0, 0.05) is 22.7 Å². The number of rotatable bonds is 4. The molecule has 0 aliphatic heterocycles. The van der Waals surface area contributed by atoms with Gasteiger partial charge in [-0.3, -0.25) is 9.59 Å². The van der Waals surface area contributed by atoms with Gasteiger partial charge in [0.15, 0.2) is 0 Å². The van der Waals surface area contributed by atoms with E-state index in [9.17, 15) is 14.4 Å². The highest BCUT2D eigenvalue weighted by Crippen LogP contribution is 2.28. The Hall–Kier alpha value is -2.41. The molecule has 6 nitrogen and oxygen atoms in total. The molecule has 2 aromatic heterocycles. The molecule has 0 unspecified atom stereocenters. The van der Waals surface area contributed by atoms with E-state index in [1.165, 1.54) is 29.7 Å². The summed E-state index contributed by atoms with van der Waals surface area (Å²) in [5, 5.41) is 3.05. The average Bonchev–Trinajstić information content (AvgIpc) is 2.80. The van der Waals surface area contributed by atoms with Gasteiger partial charge in [-0.15, -0.1) is 11.3 Å². The molecule has 110 valence electrons. The van der Waals surface area contributed by atoms with Crippen molar-refractivity contribution in [1.82, 2.24) is 4.98 Å². The van der Waals surface area contributed by atoms with Crippen LogP contribution in [0.2, 0.25) is 0 Å².